The number of carbonyl (C=O) groups is 1. The Hall–Kier alpha value is -2.47. The Kier molecular flexibility index (Phi) is 7.80. The number of nitrogens with one attached hydrogen (secondary N) is 2. The zero-order chi connectivity index (χ0) is 21.5. The lowest BCUT2D eigenvalue weighted by Gasteiger charge is -2.36. The molecule has 2 heterocycles. The van der Waals surface area contributed by atoms with Gasteiger partial charge in [-0.25, -0.2) is 8.78 Å². The minimum Gasteiger partial charge on any atom is -0.384 e. The summed E-state index contributed by atoms with van der Waals surface area (Å²) in [6.45, 7) is 8.28. The highest BCUT2D eigenvalue weighted by atomic mass is 19.1. The quantitative estimate of drug-likeness (QED) is 0.771. The molecule has 0 saturated carbocycles. The van der Waals surface area contributed by atoms with E-state index in [1.165, 1.54) is 35.0 Å². The zero-order valence-electron chi connectivity index (χ0n) is 17.8. The second-order valence-electron chi connectivity index (χ2n) is 7.98. The molecule has 0 bridgehead atoms. The molecule has 4 rings (SSSR count). The molecule has 2 aliphatic heterocycles. The number of amides is 1. The molecule has 162 valence electrons. The number of anilines is 1. The van der Waals surface area contributed by atoms with E-state index in [-0.39, 0.29) is 11.9 Å². The van der Waals surface area contributed by atoms with Crippen LogP contribution in [0.1, 0.15) is 43.9 Å². The van der Waals surface area contributed by atoms with Crippen LogP contribution in [0.5, 0.6) is 0 Å². The van der Waals surface area contributed by atoms with Gasteiger partial charge in [0.1, 0.15) is 11.6 Å². The Morgan fingerprint density at radius 1 is 1.17 bits per heavy atom. The van der Waals surface area contributed by atoms with Crippen LogP contribution in [0, 0.1) is 17.6 Å². The van der Waals surface area contributed by atoms with Crippen molar-refractivity contribution in [3.05, 3.63) is 65.2 Å². The van der Waals surface area contributed by atoms with Crippen LogP contribution in [0.3, 0.4) is 0 Å². The average Bonchev–Trinajstić information content (AvgIpc) is 3.20. The Morgan fingerprint density at radius 2 is 1.87 bits per heavy atom. The molecule has 2 aliphatic rings. The van der Waals surface area contributed by atoms with Crippen molar-refractivity contribution in [1.82, 2.24) is 10.2 Å². The molecule has 2 N–H and O–H groups in total. The molecule has 30 heavy (non-hydrogen) atoms. The molecular formula is C24H31F2N3O. The van der Waals surface area contributed by atoms with Crippen LogP contribution >= 0.6 is 0 Å². The summed E-state index contributed by atoms with van der Waals surface area (Å²) in [5.41, 5.74) is 3.89. The van der Waals surface area contributed by atoms with Crippen LogP contribution in [0.15, 0.2) is 42.5 Å². The molecule has 1 amide bonds. The first-order chi connectivity index (χ1) is 14.5. The Balaban J connectivity index is 0.000000269. The number of benzene rings is 2. The van der Waals surface area contributed by atoms with Crippen molar-refractivity contribution in [2.24, 2.45) is 5.92 Å². The maximum atomic E-state index is 11.9. The third-order valence-corrected chi connectivity index (χ3v) is 5.90. The summed E-state index contributed by atoms with van der Waals surface area (Å²) in [6.07, 6.45) is 3.42. The van der Waals surface area contributed by atoms with Gasteiger partial charge in [0.25, 0.3) is 0 Å². The highest BCUT2D eigenvalue weighted by Crippen LogP contribution is 2.34. The number of piperidine rings is 1. The molecule has 1 fully saturated rings. The smallest absolute Gasteiger partial charge is 0.217 e. The van der Waals surface area contributed by atoms with Gasteiger partial charge in [-0.15, -0.1) is 0 Å². The van der Waals surface area contributed by atoms with Gasteiger partial charge in [-0.1, -0.05) is 25.1 Å². The SMILES string of the molecule is CCN1CCC(C(NC(C)=O)c2ccc3c(c2)NCC3)CC1.Fc1cccc(F)c1. The zero-order valence-corrected chi connectivity index (χ0v) is 17.8. The summed E-state index contributed by atoms with van der Waals surface area (Å²) in [4.78, 5) is 14.2. The van der Waals surface area contributed by atoms with Gasteiger partial charge in [0, 0.05) is 25.2 Å². The molecule has 0 radical (unpaired) electrons. The number of halogens is 2. The largest absolute Gasteiger partial charge is 0.384 e. The molecule has 1 unspecified atom stereocenters. The van der Waals surface area contributed by atoms with E-state index < -0.39 is 11.6 Å². The Labute approximate surface area is 177 Å². The number of rotatable bonds is 4. The van der Waals surface area contributed by atoms with Crippen LogP contribution in [0.25, 0.3) is 0 Å². The predicted molar refractivity (Wildman–Crippen MR) is 116 cm³/mol. The number of hydrogen-bond donors (Lipinski definition) is 2. The number of fused-ring (bicyclic) bond motifs is 1. The fourth-order valence-electron chi connectivity index (χ4n) is 4.26. The van der Waals surface area contributed by atoms with Crippen molar-refractivity contribution in [1.29, 1.82) is 0 Å². The first kappa shape index (κ1) is 22.2. The highest BCUT2D eigenvalue weighted by Gasteiger charge is 2.28. The summed E-state index contributed by atoms with van der Waals surface area (Å²) in [5, 5.41) is 6.65. The second kappa shape index (κ2) is 10.5. The predicted octanol–water partition coefficient (Wildman–Crippen LogP) is 4.53. The van der Waals surface area contributed by atoms with Crippen molar-refractivity contribution in [2.75, 3.05) is 31.5 Å². The molecule has 2 aromatic rings. The normalized spacial score (nSPS) is 17.3. The first-order valence-corrected chi connectivity index (χ1v) is 10.7. The molecule has 6 heteroatoms. The van der Waals surface area contributed by atoms with E-state index in [4.69, 9.17) is 0 Å². The van der Waals surface area contributed by atoms with Gasteiger partial charge >= 0.3 is 0 Å². The van der Waals surface area contributed by atoms with Crippen molar-refractivity contribution in [3.8, 4) is 0 Å². The van der Waals surface area contributed by atoms with Crippen molar-refractivity contribution >= 4 is 11.6 Å². The van der Waals surface area contributed by atoms with Gasteiger partial charge in [-0.05, 0) is 74.1 Å². The number of carbonyl (C=O) groups excluding carboxylic acids is 1. The van der Waals surface area contributed by atoms with Gasteiger partial charge in [-0.2, -0.15) is 0 Å². The van der Waals surface area contributed by atoms with Crippen molar-refractivity contribution in [2.45, 2.75) is 39.2 Å². The summed E-state index contributed by atoms with van der Waals surface area (Å²) in [6, 6.07) is 11.4. The summed E-state index contributed by atoms with van der Waals surface area (Å²) >= 11 is 0. The van der Waals surface area contributed by atoms with Crippen LogP contribution in [-0.2, 0) is 11.2 Å². The van der Waals surface area contributed by atoms with E-state index in [0.29, 0.717) is 5.92 Å². The number of nitrogens with zero attached hydrogens (tertiary/aromatic N) is 1. The summed E-state index contributed by atoms with van der Waals surface area (Å²) in [7, 11) is 0. The molecular weight excluding hydrogens is 384 g/mol. The van der Waals surface area contributed by atoms with E-state index in [1.54, 1.807) is 6.92 Å². The van der Waals surface area contributed by atoms with Gasteiger partial charge in [0.15, 0.2) is 0 Å². The maximum Gasteiger partial charge on any atom is 0.217 e. The molecule has 4 nitrogen and oxygen atoms in total. The molecule has 0 aliphatic carbocycles. The second-order valence-corrected chi connectivity index (χ2v) is 7.98. The summed E-state index contributed by atoms with van der Waals surface area (Å²) in [5.74, 6) is -0.475. The number of likely N-dealkylation sites (tertiary alicyclic amines) is 1. The third-order valence-electron chi connectivity index (χ3n) is 5.90. The maximum absolute atomic E-state index is 11.9. The monoisotopic (exact) mass is 415 g/mol. The highest BCUT2D eigenvalue weighted by molar-refractivity contribution is 5.73. The molecule has 1 saturated heterocycles. The molecule has 0 spiro atoms. The van der Waals surface area contributed by atoms with Crippen molar-refractivity contribution in [3.63, 3.8) is 0 Å². The van der Waals surface area contributed by atoms with Crippen LogP contribution in [0.2, 0.25) is 0 Å². The molecule has 2 aromatic carbocycles. The minimum absolute atomic E-state index is 0.0661. The first-order valence-electron chi connectivity index (χ1n) is 10.7. The van der Waals surface area contributed by atoms with Gasteiger partial charge in [0.2, 0.25) is 5.91 Å². The minimum atomic E-state index is -0.537. The van der Waals surface area contributed by atoms with E-state index in [1.807, 2.05) is 0 Å². The number of hydrogen-bond acceptors (Lipinski definition) is 3. The lowest BCUT2D eigenvalue weighted by molar-refractivity contribution is -0.120. The van der Waals surface area contributed by atoms with Crippen molar-refractivity contribution < 1.29 is 13.6 Å². The Bertz CT molecular complexity index is 833. The van der Waals surface area contributed by atoms with Gasteiger partial charge in [-0.3, -0.25) is 4.79 Å². The van der Waals surface area contributed by atoms with Gasteiger partial charge in [0.05, 0.1) is 6.04 Å². The molecule has 1 atom stereocenters. The average molecular weight is 416 g/mol. The lowest BCUT2D eigenvalue weighted by atomic mass is 9.84. The fourth-order valence-corrected chi connectivity index (χ4v) is 4.26. The van der Waals surface area contributed by atoms with E-state index in [0.717, 1.165) is 51.5 Å². The van der Waals surface area contributed by atoms with E-state index in [9.17, 15) is 13.6 Å². The summed E-state index contributed by atoms with van der Waals surface area (Å²) < 4.78 is 23.9. The fraction of sp³-hybridized carbons (Fsp3) is 0.458. The standard InChI is InChI=1S/C18H27N3O.C6H4F2/c1-3-21-10-7-15(8-11-21)18(20-13(2)22)16-5-4-14-6-9-19-17(14)12-16;7-5-2-1-3-6(8)4-5/h4-5,12,15,18-19H,3,6-11H2,1-2H3,(H,20,22);1-4H. The van der Waals surface area contributed by atoms with E-state index >= 15 is 0 Å². The van der Waals surface area contributed by atoms with Crippen LogP contribution in [0.4, 0.5) is 14.5 Å². The topological polar surface area (TPSA) is 44.4 Å². The van der Waals surface area contributed by atoms with Crippen LogP contribution in [-0.4, -0.2) is 37.0 Å². The Morgan fingerprint density at radius 3 is 2.43 bits per heavy atom. The van der Waals surface area contributed by atoms with E-state index in [2.05, 4.69) is 40.7 Å². The van der Waals surface area contributed by atoms with Crippen LogP contribution < -0.4 is 10.6 Å². The van der Waals surface area contributed by atoms with Gasteiger partial charge < -0.3 is 15.5 Å². The third kappa shape index (κ3) is 6.02. The lowest BCUT2D eigenvalue weighted by Crippen LogP contribution is -2.40. The molecule has 0 aromatic heterocycles.